The summed E-state index contributed by atoms with van der Waals surface area (Å²) < 4.78 is 22.8. The molecule has 7 aromatic carbocycles. The number of carbonyl (C=O) groups excluding carboxylic acids is 6. The summed E-state index contributed by atoms with van der Waals surface area (Å²) in [6, 6.07) is 75.2. The van der Waals surface area contributed by atoms with E-state index in [1.54, 1.807) is 112 Å². The van der Waals surface area contributed by atoms with Crippen LogP contribution in [-0.2, 0) is 48.2 Å². The molecule has 3 fully saturated rings. The Morgan fingerprint density at radius 1 is 0.288 bits per heavy atom. The molecule has 3 saturated heterocycles. The van der Waals surface area contributed by atoms with Gasteiger partial charge in [-0.05, 0) is 142 Å². The fourth-order valence-corrected chi connectivity index (χ4v) is 13.9. The number of amides is 9. The van der Waals surface area contributed by atoms with Crippen molar-refractivity contribution in [2.24, 2.45) is 0 Å². The van der Waals surface area contributed by atoms with Crippen LogP contribution in [0.5, 0.6) is 0 Å². The maximum atomic E-state index is 14.2. The number of nitrogens with one attached hydrogen (secondary N) is 5. The van der Waals surface area contributed by atoms with Gasteiger partial charge in [-0.15, -0.1) is 0 Å². The number of hydrogen-bond donors (Lipinski definition) is 5. The van der Waals surface area contributed by atoms with E-state index in [0.717, 1.165) is 80.9 Å². The lowest BCUT2D eigenvalue weighted by molar-refractivity contribution is -0.134. The quantitative estimate of drug-likeness (QED) is 0.0178. The number of anilines is 13. The molecule has 0 radical (unpaired) electrons. The molecule has 5 N–H and O–H groups in total. The van der Waals surface area contributed by atoms with E-state index in [-0.39, 0.29) is 39.5 Å². The molecule has 676 valence electrons. The van der Waals surface area contributed by atoms with Crippen molar-refractivity contribution < 1.29 is 43.0 Å². The van der Waals surface area contributed by atoms with Crippen LogP contribution in [0, 0.1) is 0 Å². The van der Waals surface area contributed by atoms with E-state index < -0.39 is 72.3 Å². The van der Waals surface area contributed by atoms with Gasteiger partial charge in [0.15, 0.2) is 0 Å². The number of ether oxygens (including phenoxy) is 3. The molecule has 132 heavy (non-hydrogen) atoms. The van der Waals surface area contributed by atoms with Gasteiger partial charge in [0.1, 0.15) is 0 Å². The van der Waals surface area contributed by atoms with Crippen LogP contribution in [0.2, 0.25) is 0 Å². The van der Waals surface area contributed by atoms with E-state index in [2.05, 4.69) is 102 Å². The number of unbranched alkanes of at least 4 members (excludes halogenated alkanes) is 3. The first-order chi connectivity index (χ1) is 64.7. The van der Waals surface area contributed by atoms with Crippen molar-refractivity contribution in [3.63, 3.8) is 0 Å². The van der Waals surface area contributed by atoms with E-state index in [0.29, 0.717) is 84.9 Å². The van der Waals surface area contributed by atoms with Crippen LogP contribution in [0.15, 0.2) is 286 Å². The lowest BCUT2D eigenvalue weighted by Gasteiger charge is -2.23. The summed E-state index contributed by atoms with van der Waals surface area (Å²) in [4.78, 5) is 146. The van der Waals surface area contributed by atoms with Crippen LogP contribution in [0.1, 0.15) is 96.8 Å². The molecule has 0 aliphatic carbocycles. The SMILES string of the molecule is CCCCN(CCCC)c1nc(Nc2ccccc2)nc(Nc2ccccc2)n1.CCCCNc1nc(Nc2ccccc2)nc(Nc2ccccc2)n1.CCOC1C(=O)N(c2nc(N3C(=O)C(OCC)N(Cc4ccccc4)C3=O)nc(N3C(=O)C(OCC)N(Cc4ccccc4)C3=O)n2)C(=O)N1Cc1ccccc1.c1ccn(-c2nc(-n3cccc3)nc(-n3cccc3)n2)c1. The van der Waals surface area contributed by atoms with Gasteiger partial charge >= 0.3 is 18.1 Å². The number of nitrogens with zero attached hydrogens (tertiary/aromatic N) is 22. The van der Waals surface area contributed by atoms with Gasteiger partial charge in [0, 0.05) is 99.4 Å². The average molecular weight is 1780 g/mol. The van der Waals surface area contributed by atoms with Crippen molar-refractivity contribution >= 4 is 112 Å². The van der Waals surface area contributed by atoms with Crippen LogP contribution >= 0.6 is 0 Å². The lowest BCUT2D eigenvalue weighted by Crippen LogP contribution is -2.39. The second-order valence-electron chi connectivity index (χ2n) is 29.9. The predicted molar refractivity (Wildman–Crippen MR) is 502 cm³/mol. The maximum Gasteiger partial charge on any atom is 0.336 e. The summed E-state index contributed by atoms with van der Waals surface area (Å²) >= 11 is 0. The van der Waals surface area contributed by atoms with E-state index in [4.69, 9.17) is 24.2 Å². The van der Waals surface area contributed by atoms with Gasteiger partial charge in [-0.2, -0.15) is 74.5 Å². The Kier molecular flexibility index (Phi) is 32.1. The minimum atomic E-state index is -1.41. The molecule has 14 aromatic rings. The van der Waals surface area contributed by atoms with Crippen molar-refractivity contribution in [3.8, 4) is 17.8 Å². The molecule has 10 heterocycles. The molecule has 36 heteroatoms. The average Bonchev–Trinajstić information content (AvgIpc) is 1.59. The third-order valence-electron chi connectivity index (χ3n) is 20.4. The van der Waals surface area contributed by atoms with Crippen LogP contribution < -0.4 is 46.2 Å². The zero-order chi connectivity index (χ0) is 91.9. The molecule has 0 spiro atoms. The molecule has 17 rings (SSSR count). The Bertz CT molecular complexity index is 5530. The third-order valence-corrected chi connectivity index (χ3v) is 20.4. The fourth-order valence-electron chi connectivity index (χ4n) is 13.9. The first-order valence-corrected chi connectivity index (χ1v) is 43.8. The predicted octanol–water partition coefficient (Wildman–Crippen LogP) is 16.4. The molecule has 7 aromatic heterocycles. The molecule has 36 nitrogen and oxygen atoms in total. The van der Waals surface area contributed by atoms with Crippen molar-refractivity contribution in [2.75, 3.05) is 85.6 Å². The molecule has 3 aliphatic heterocycles. The summed E-state index contributed by atoms with van der Waals surface area (Å²) in [5, 5.41) is 16.3. The molecule has 0 saturated carbocycles. The fraction of sp³-hybridized carbons (Fsp3) is 0.250. The second-order valence-corrected chi connectivity index (χ2v) is 29.9. The van der Waals surface area contributed by atoms with Crippen LogP contribution in [0.25, 0.3) is 17.8 Å². The summed E-state index contributed by atoms with van der Waals surface area (Å²) in [6.07, 6.45) is 13.9. The van der Waals surface area contributed by atoms with E-state index >= 15 is 0 Å². The molecule has 9 amide bonds. The number of hydrogen-bond acceptors (Lipinski definition) is 27. The molecular formula is C96H103N27O9. The standard InChI is InChI=1S/C39H39N9O9.C23H30N6.C19H22N6.C15H12N6/c1-4-55-31-28(49)46(37(52)43(31)22-25-16-10-7-11-17-25)34-40-35(47-29(50)32(56-5-2)44(38(47)53)23-26-18-12-8-13-19-26)42-36(41-34)48-30(51)33(57-6-3)45(39(48)54)24-27-20-14-9-15-21-27;1-3-5-17-29(18-6-4-2)23-27-21(24-19-13-9-7-10-14-19)26-22(28-23)25-20-15-11-8-12-16-20;1-2-3-14-20-17-23-18(21-15-10-6-4-7-11-15)25-19(24-17)22-16-12-8-5-9-13-16;1-2-8-19(7-1)13-16-14(20-9-3-4-10-20)18-15(17-13)21-11-5-6-12-21/h7-21,31-33H,4-6,22-24H2,1-3H3;7-16H,3-6,17-18H2,1-2H3,(H2,24,25,26,27,28);4-13H,2-3,14H2,1H3,(H3,20,21,22,23,24,25);1-12H. The van der Waals surface area contributed by atoms with Gasteiger partial charge < -0.3 is 45.7 Å². The zero-order valence-electron chi connectivity index (χ0n) is 74.0. The maximum absolute atomic E-state index is 14.2. The summed E-state index contributed by atoms with van der Waals surface area (Å²) in [6.45, 7) is 14.3. The molecular weight excluding hydrogens is 1680 g/mol. The highest BCUT2D eigenvalue weighted by Gasteiger charge is 2.54. The van der Waals surface area contributed by atoms with Crippen LogP contribution in [0.4, 0.5) is 90.7 Å². The molecule has 3 atom stereocenters. The van der Waals surface area contributed by atoms with Gasteiger partial charge in [0.05, 0.1) is 19.6 Å². The largest absolute Gasteiger partial charge is 0.354 e. The van der Waals surface area contributed by atoms with Crippen LogP contribution in [-0.4, -0.2) is 182 Å². The molecule has 3 unspecified atom stereocenters. The third kappa shape index (κ3) is 23.8. The monoisotopic (exact) mass is 1780 g/mol. The number of rotatable bonds is 37. The Balaban J connectivity index is 0.000000156. The number of benzene rings is 7. The van der Waals surface area contributed by atoms with Crippen molar-refractivity contribution in [3.05, 3.63) is 303 Å². The minimum absolute atomic E-state index is 0.0431. The number of urea groups is 3. The van der Waals surface area contributed by atoms with Gasteiger partial charge in [0.25, 0.3) is 17.7 Å². The highest BCUT2D eigenvalue weighted by atomic mass is 16.5. The Morgan fingerprint density at radius 2 is 0.538 bits per heavy atom. The van der Waals surface area contributed by atoms with Gasteiger partial charge in [-0.1, -0.05) is 204 Å². The van der Waals surface area contributed by atoms with Crippen molar-refractivity contribution in [1.29, 1.82) is 0 Å². The van der Waals surface area contributed by atoms with E-state index in [1.165, 1.54) is 14.7 Å². The summed E-state index contributed by atoms with van der Waals surface area (Å²) in [7, 11) is 0. The van der Waals surface area contributed by atoms with Gasteiger partial charge in [-0.3, -0.25) is 42.8 Å². The number of aromatic nitrogens is 15. The first kappa shape index (κ1) is 92.1. The Morgan fingerprint density at radius 3 is 0.803 bits per heavy atom. The summed E-state index contributed by atoms with van der Waals surface area (Å²) in [5.74, 6) is 0.402. The minimum Gasteiger partial charge on any atom is -0.354 e. The second kappa shape index (κ2) is 46.1. The van der Waals surface area contributed by atoms with E-state index in [1.807, 2.05) is 209 Å². The van der Waals surface area contributed by atoms with Crippen molar-refractivity contribution in [2.45, 2.75) is 118 Å². The topological polar surface area (TPSA) is 382 Å². The number of carbonyl (C=O) groups is 6. The summed E-state index contributed by atoms with van der Waals surface area (Å²) in [5.41, 5.74) is 5.81. The highest BCUT2D eigenvalue weighted by molar-refractivity contribution is 6.23. The highest BCUT2D eigenvalue weighted by Crippen LogP contribution is 2.35. The molecule has 0 bridgehead atoms. The van der Waals surface area contributed by atoms with Gasteiger partial charge in [-0.25, -0.2) is 14.4 Å². The zero-order valence-corrected chi connectivity index (χ0v) is 74.0. The van der Waals surface area contributed by atoms with E-state index in [9.17, 15) is 28.8 Å². The molecule has 3 aliphatic rings. The number of para-hydroxylation sites is 4. The van der Waals surface area contributed by atoms with Crippen LogP contribution in [0.3, 0.4) is 0 Å². The lowest BCUT2D eigenvalue weighted by atomic mass is 10.2. The normalized spacial score (nSPS) is 14.6. The number of imide groups is 3. The first-order valence-electron chi connectivity index (χ1n) is 43.8. The van der Waals surface area contributed by atoms with Gasteiger partial charge in [0.2, 0.25) is 90.1 Å². The Labute approximate surface area is 763 Å². The van der Waals surface area contributed by atoms with Crippen molar-refractivity contribution in [1.82, 2.24) is 88.2 Å². The smallest absolute Gasteiger partial charge is 0.336 e. The Hall–Kier alpha value is -16.1.